The largest absolute Gasteiger partial charge is 0.379 e. The lowest BCUT2D eigenvalue weighted by Gasteiger charge is -2.40. The molecule has 0 aromatic carbocycles. The van der Waals surface area contributed by atoms with Gasteiger partial charge in [0.1, 0.15) is 0 Å². The highest BCUT2D eigenvalue weighted by Gasteiger charge is 2.36. The molecule has 2 aliphatic carbocycles. The van der Waals surface area contributed by atoms with Gasteiger partial charge in [0.15, 0.2) is 0 Å². The summed E-state index contributed by atoms with van der Waals surface area (Å²) >= 11 is 0. The standard InChI is InChI=1S/C17H34N2O/c1-3-13-9-11-14(12-10-13)16(19-18)17(20-2)15-7-5-4-6-8-15/h13-17,19H,3-12,18H2,1-2H3. The minimum absolute atomic E-state index is 0.309. The minimum atomic E-state index is 0.309. The van der Waals surface area contributed by atoms with E-state index in [2.05, 4.69) is 12.3 Å². The normalized spacial score (nSPS) is 31.9. The summed E-state index contributed by atoms with van der Waals surface area (Å²) in [4.78, 5) is 0. The van der Waals surface area contributed by atoms with Crippen molar-refractivity contribution in [3.05, 3.63) is 0 Å². The Morgan fingerprint density at radius 1 is 1.00 bits per heavy atom. The zero-order chi connectivity index (χ0) is 14.4. The molecule has 2 atom stereocenters. The molecule has 2 rings (SSSR count). The summed E-state index contributed by atoms with van der Waals surface area (Å²) in [7, 11) is 1.88. The Bertz CT molecular complexity index is 258. The van der Waals surface area contributed by atoms with E-state index < -0.39 is 0 Å². The van der Waals surface area contributed by atoms with E-state index in [1.807, 2.05) is 7.11 Å². The summed E-state index contributed by atoms with van der Waals surface area (Å²) < 4.78 is 5.91. The van der Waals surface area contributed by atoms with Crippen molar-refractivity contribution in [1.29, 1.82) is 0 Å². The van der Waals surface area contributed by atoms with Crippen molar-refractivity contribution in [3.63, 3.8) is 0 Å². The van der Waals surface area contributed by atoms with E-state index in [1.165, 1.54) is 64.2 Å². The Balaban J connectivity index is 1.94. The monoisotopic (exact) mass is 282 g/mol. The smallest absolute Gasteiger partial charge is 0.0768 e. The SMILES string of the molecule is CCC1CCC(C(NN)C(OC)C2CCCCC2)CC1. The molecule has 0 spiro atoms. The fraction of sp³-hybridized carbons (Fsp3) is 1.00. The Morgan fingerprint density at radius 3 is 2.15 bits per heavy atom. The van der Waals surface area contributed by atoms with Gasteiger partial charge in [0.2, 0.25) is 0 Å². The molecule has 0 amide bonds. The second-order valence-corrected chi connectivity index (χ2v) is 6.98. The lowest BCUT2D eigenvalue weighted by atomic mass is 9.73. The first kappa shape index (κ1) is 16.3. The van der Waals surface area contributed by atoms with Crippen LogP contribution in [0, 0.1) is 17.8 Å². The van der Waals surface area contributed by atoms with Gasteiger partial charge < -0.3 is 4.74 Å². The second-order valence-electron chi connectivity index (χ2n) is 6.98. The molecule has 3 nitrogen and oxygen atoms in total. The van der Waals surface area contributed by atoms with Crippen LogP contribution in [0.25, 0.3) is 0 Å². The highest BCUT2D eigenvalue weighted by atomic mass is 16.5. The van der Waals surface area contributed by atoms with Gasteiger partial charge in [-0.15, -0.1) is 0 Å². The molecule has 0 bridgehead atoms. The Hall–Kier alpha value is -0.120. The average Bonchev–Trinajstić information content (AvgIpc) is 2.53. The van der Waals surface area contributed by atoms with Crippen LogP contribution >= 0.6 is 0 Å². The van der Waals surface area contributed by atoms with Gasteiger partial charge in [0, 0.05) is 7.11 Å². The Morgan fingerprint density at radius 2 is 1.65 bits per heavy atom. The van der Waals surface area contributed by atoms with Gasteiger partial charge in [0.25, 0.3) is 0 Å². The highest BCUT2D eigenvalue weighted by Crippen LogP contribution is 2.37. The lowest BCUT2D eigenvalue weighted by Crippen LogP contribution is -2.53. The van der Waals surface area contributed by atoms with Crippen molar-refractivity contribution < 1.29 is 4.74 Å². The third kappa shape index (κ3) is 3.96. The summed E-state index contributed by atoms with van der Waals surface area (Å²) in [5.74, 6) is 8.28. The van der Waals surface area contributed by atoms with E-state index in [4.69, 9.17) is 10.6 Å². The molecule has 2 aliphatic rings. The summed E-state index contributed by atoms with van der Waals surface area (Å²) in [5.41, 5.74) is 3.13. The summed E-state index contributed by atoms with van der Waals surface area (Å²) in [5, 5.41) is 0. The molecule has 0 radical (unpaired) electrons. The maximum absolute atomic E-state index is 5.92. The van der Waals surface area contributed by atoms with Crippen LogP contribution in [-0.4, -0.2) is 19.3 Å². The van der Waals surface area contributed by atoms with Crippen molar-refractivity contribution in [2.45, 2.75) is 83.3 Å². The minimum Gasteiger partial charge on any atom is -0.379 e. The van der Waals surface area contributed by atoms with Crippen LogP contribution in [0.2, 0.25) is 0 Å². The number of rotatable bonds is 6. The fourth-order valence-corrected chi connectivity index (χ4v) is 4.55. The maximum atomic E-state index is 5.92. The van der Waals surface area contributed by atoms with Crippen LogP contribution in [0.15, 0.2) is 0 Å². The molecule has 118 valence electrons. The van der Waals surface area contributed by atoms with Crippen molar-refractivity contribution in [2.75, 3.05) is 7.11 Å². The van der Waals surface area contributed by atoms with Gasteiger partial charge in [0.05, 0.1) is 12.1 Å². The number of hydrazine groups is 1. The van der Waals surface area contributed by atoms with Gasteiger partial charge in [-0.3, -0.25) is 11.3 Å². The van der Waals surface area contributed by atoms with Crippen LogP contribution in [0.5, 0.6) is 0 Å². The molecule has 3 N–H and O–H groups in total. The first-order valence-electron chi connectivity index (χ1n) is 8.79. The quantitative estimate of drug-likeness (QED) is 0.577. The van der Waals surface area contributed by atoms with Gasteiger partial charge in [-0.25, -0.2) is 0 Å². The third-order valence-electron chi connectivity index (χ3n) is 5.91. The molecule has 2 saturated carbocycles. The number of ether oxygens (including phenoxy) is 1. The van der Waals surface area contributed by atoms with Crippen molar-refractivity contribution in [1.82, 2.24) is 5.43 Å². The number of hydrogen-bond donors (Lipinski definition) is 2. The molecule has 2 unspecified atom stereocenters. The van der Waals surface area contributed by atoms with E-state index in [0.29, 0.717) is 24.0 Å². The number of nitrogens with one attached hydrogen (secondary N) is 1. The average molecular weight is 282 g/mol. The molecule has 20 heavy (non-hydrogen) atoms. The predicted molar refractivity (Wildman–Crippen MR) is 84.2 cm³/mol. The molecular weight excluding hydrogens is 248 g/mol. The molecule has 0 saturated heterocycles. The van der Waals surface area contributed by atoms with E-state index in [1.54, 1.807) is 0 Å². The molecule has 0 aromatic rings. The van der Waals surface area contributed by atoms with Crippen LogP contribution < -0.4 is 11.3 Å². The lowest BCUT2D eigenvalue weighted by molar-refractivity contribution is -0.0152. The molecule has 2 fully saturated rings. The van der Waals surface area contributed by atoms with Crippen molar-refractivity contribution >= 4 is 0 Å². The zero-order valence-corrected chi connectivity index (χ0v) is 13.4. The van der Waals surface area contributed by atoms with E-state index in [-0.39, 0.29) is 0 Å². The van der Waals surface area contributed by atoms with Crippen LogP contribution in [0.4, 0.5) is 0 Å². The molecule has 0 aliphatic heterocycles. The highest BCUT2D eigenvalue weighted by molar-refractivity contribution is 4.90. The second kappa shape index (κ2) is 8.35. The van der Waals surface area contributed by atoms with Gasteiger partial charge in [-0.05, 0) is 43.4 Å². The molecule has 0 aromatic heterocycles. The predicted octanol–water partition coefficient (Wildman–Crippen LogP) is 3.63. The number of methoxy groups -OCH3 is 1. The van der Waals surface area contributed by atoms with E-state index in [0.717, 1.165) is 5.92 Å². The third-order valence-corrected chi connectivity index (χ3v) is 5.91. The van der Waals surface area contributed by atoms with E-state index in [9.17, 15) is 0 Å². The first-order chi connectivity index (χ1) is 9.80. The van der Waals surface area contributed by atoms with Crippen molar-refractivity contribution in [3.8, 4) is 0 Å². The van der Waals surface area contributed by atoms with Gasteiger partial charge in [-0.2, -0.15) is 0 Å². The first-order valence-corrected chi connectivity index (χ1v) is 8.79. The molecule has 0 heterocycles. The van der Waals surface area contributed by atoms with Gasteiger partial charge in [-0.1, -0.05) is 45.4 Å². The summed E-state index contributed by atoms with van der Waals surface area (Å²) in [6, 6.07) is 0.348. The van der Waals surface area contributed by atoms with E-state index >= 15 is 0 Å². The number of nitrogens with two attached hydrogens (primary N) is 1. The Labute approximate surface area is 125 Å². The van der Waals surface area contributed by atoms with Crippen LogP contribution in [0.3, 0.4) is 0 Å². The topological polar surface area (TPSA) is 47.3 Å². The van der Waals surface area contributed by atoms with Gasteiger partial charge >= 0.3 is 0 Å². The fourth-order valence-electron chi connectivity index (χ4n) is 4.55. The maximum Gasteiger partial charge on any atom is 0.0768 e. The number of hydrogen-bond acceptors (Lipinski definition) is 3. The van der Waals surface area contributed by atoms with Crippen LogP contribution in [0.1, 0.15) is 71.1 Å². The molecule has 3 heteroatoms. The Kier molecular flexibility index (Phi) is 6.79. The summed E-state index contributed by atoms with van der Waals surface area (Å²) in [6.45, 7) is 2.32. The summed E-state index contributed by atoms with van der Waals surface area (Å²) in [6.07, 6.45) is 13.8. The molecular formula is C17H34N2O. The van der Waals surface area contributed by atoms with Crippen molar-refractivity contribution in [2.24, 2.45) is 23.6 Å². The zero-order valence-electron chi connectivity index (χ0n) is 13.4. The van der Waals surface area contributed by atoms with Crippen LogP contribution in [-0.2, 0) is 4.74 Å².